The molecule has 0 heterocycles. The number of hydrogen-bond donors (Lipinski definition) is 0. The minimum atomic E-state index is -0.518. The van der Waals surface area contributed by atoms with Gasteiger partial charge in [0.15, 0.2) is 0 Å². The van der Waals surface area contributed by atoms with Crippen molar-refractivity contribution in [3.05, 3.63) is 118 Å². The van der Waals surface area contributed by atoms with E-state index in [1.165, 1.54) is 22.3 Å². The third-order valence-electron chi connectivity index (χ3n) is 6.41. The average molecular weight is 372 g/mol. The first kappa shape index (κ1) is 16.2. The number of carbonyl (C=O) groups excluding carboxylic acids is 2. The average Bonchev–Trinajstić information content (AvgIpc) is 3.25. The van der Waals surface area contributed by atoms with E-state index >= 15 is 0 Å². The van der Waals surface area contributed by atoms with Crippen molar-refractivity contribution in [1.29, 1.82) is 0 Å². The molecule has 0 N–H and O–H groups in total. The summed E-state index contributed by atoms with van der Waals surface area (Å²) in [6, 6.07) is 28.8. The van der Waals surface area contributed by atoms with Gasteiger partial charge >= 0.3 is 0 Å². The number of aldehydes is 2. The molecular weight excluding hydrogens is 356 g/mol. The fourth-order valence-corrected chi connectivity index (χ4v) is 5.32. The molecule has 2 heteroatoms. The van der Waals surface area contributed by atoms with Gasteiger partial charge in [0.05, 0.1) is 5.41 Å². The smallest absolute Gasteiger partial charge is 0.150 e. The highest BCUT2D eigenvalue weighted by Crippen LogP contribution is 2.62. The van der Waals surface area contributed by atoms with E-state index in [9.17, 15) is 9.59 Å². The molecule has 2 aliphatic carbocycles. The molecule has 4 aromatic carbocycles. The Kier molecular flexibility index (Phi) is 3.14. The molecule has 29 heavy (non-hydrogen) atoms. The van der Waals surface area contributed by atoms with Crippen molar-refractivity contribution >= 4 is 12.6 Å². The minimum absolute atomic E-state index is 0.518. The van der Waals surface area contributed by atoms with Crippen molar-refractivity contribution in [2.45, 2.75) is 5.41 Å². The summed E-state index contributed by atoms with van der Waals surface area (Å²) in [6.45, 7) is 0. The molecule has 0 fully saturated rings. The van der Waals surface area contributed by atoms with Crippen molar-refractivity contribution in [3.8, 4) is 22.3 Å². The molecule has 2 nitrogen and oxygen atoms in total. The standard InChI is InChI=1S/C27H16O2/c28-15-17-9-11-21-19-5-1-3-7-23(19)27(25(21)13-17)24-8-4-2-6-20(24)22-12-10-18(16-29)14-26(22)27/h1-16H. The van der Waals surface area contributed by atoms with Gasteiger partial charge in [0.2, 0.25) is 0 Å². The van der Waals surface area contributed by atoms with E-state index < -0.39 is 5.41 Å². The van der Waals surface area contributed by atoms with E-state index in [1.807, 2.05) is 24.3 Å². The molecule has 0 aliphatic heterocycles. The lowest BCUT2D eigenvalue weighted by Crippen LogP contribution is -2.26. The first-order valence-corrected chi connectivity index (χ1v) is 9.68. The van der Waals surface area contributed by atoms with Crippen LogP contribution in [0.15, 0.2) is 84.9 Å². The van der Waals surface area contributed by atoms with E-state index in [1.54, 1.807) is 0 Å². The number of fused-ring (bicyclic) bond motifs is 10. The molecule has 0 saturated carbocycles. The maximum Gasteiger partial charge on any atom is 0.150 e. The summed E-state index contributed by atoms with van der Waals surface area (Å²) >= 11 is 0. The molecule has 0 unspecified atom stereocenters. The monoisotopic (exact) mass is 372 g/mol. The van der Waals surface area contributed by atoms with Crippen molar-refractivity contribution in [1.82, 2.24) is 0 Å². The molecule has 0 radical (unpaired) electrons. The van der Waals surface area contributed by atoms with Gasteiger partial charge in [-0.05, 0) is 56.6 Å². The maximum absolute atomic E-state index is 11.6. The van der Waals surface area contributed by atoms with Crippen LogP contribution in [0.1, 0.15) is 43.0 Å². The molecule has 0 saturated heterocycles. The molecule has 1 spiro atoms. The van der Waals surface area contributed by atoms with E-state index in [2.05, 4.69) is 60.7 Å². The molecule has 0 aromatic heterocycles. The van der Waals surface area contributed by atoms with Crippen LogP contribution in [-0.4, -0.2) is 12.6 Å². The Morgan fingerprint density at radius 3 is 1.34 bits per heavy atom. The second-order valence-electron chi connectivity index (χ2n) is 7.69. The normalized spacial score (nSPS) is 14.1. The number of carbonyl (C=O) groups is 2. The van der Waals surface area contributed by atoms with Crippen LogP contribution in [0.4, 0.5) is 0 Å². The van der Waals surface area contributed by atoms with Crippen LogP contribution in [0.2, 0.25) is 0 Å². The highest BCUT2D eigenvalue weighted by molar-refractivity contribution is 5.97. The second kappa shape index (κ2) is 5.62. The number of hydrogen-bond acceptors (Lipinski definition) is 2. The zero-order chi connectivity index (χ0) is 19.6. The summed E-state index contributed by atoms with van der Waals surface area (Å²) < 4.78 is 0. The fourth-order valence-electron chi connectivity index (χ4n) is 5.32. The summed E-state index contributed by atoms with van der Waals surface area (Å²) in [6.07, 6.45) is 1.81. The van der Waals surface area contributed by atoms with Crippen LogP contribution < -0.4 is 0 Å². The second-order valence-corrected chi connectivity index (χ2v) is 7.69. The third-order valence-corrected chi connectivity index (χ3v) is 6.41. The first-order chi connectivity index (χ1) is 14.3. The fraction of sp³-hybridized carbons (Fsp3) is 0.0370. The van der Waals surface area contributed by atoms with Crippen LogP contribution in [0.5, 0.6) is 0 Å². The zero-order valence-corrected chi connectivity index (χ0v) is 15.6. The van der Waals surface area contributed by atoms with Crippen LogP contribution in [0.3, 0.4) is 0 Å². The lowest BCUT2D eigenvalue weighted by atomic mass is 9.70. The van der Waals surface area contributed by atoms with Crippen molar-refractivity contribution in [3.63, 3.8) is 0 Å². The minimum Gasteiger partial charge on any atom is -0.298 e. The quantitative estimate of drug-likeness (QED) is 0.368. The summed E-state index contributed by atoms with van der Waals surface area (Å²) in [5.74, 6) is 0. The number of rotatable bonds is 2. The Bertz CT molecular complexity index is 1240. The summed E-state index contributed by atoms with van der Waals surface area (Å²) in [4.78, 5) is 23.3. The lowest BCUT2D eigenvalue weighted by Gasteiger charge is -2.30. The zero-order valence-electron chi connectivity index (χ0n) is 15.6. The highest BCUT2D eigenvalue weighted by atomic mass is 16.1. The first-order valence-electron chi connectivity index (χ1n) is 9.68. The van der Waals surface area contributed by atoms with Crippen molar-refractivity contribution in [2.24, 2.45) is 0 Å². The summed E-state index contributed by atoms with van der Waals surface area (Å²) in [5.41, 5.74) is 10.1. The Morgan fingerprint density at radius 1 is 0.483 bits per heavy atom. The van der Waals surface area contributed by atoms with Gasteiger partial charge in [0.25, 0.3) is 0 Å². The van der Waals surface area contributed by atoms with Crippen LogP contribution in [-0.2, 0) is 5.41 Å². The predicted molar refractivity (Wildman–Crippen MR) is 114 cm³/mol. The Labute approximate surface area is 168 Å². The van der Waals surface area contributed by atoms with E-state index in [0.29, 0.717) is 11.1 Å². The van der Waals surface area contributed by atoms with Gasteiger partial charge in [-0.15, -0.1) is 0 Å². The lowest BCUT2D eigenvalue weighted by molar-refractivity contribution is 0.111. The SMILES string of the molecule is O=Cc1ccc2c(c1)C1(c3ccccc3-2)c2ccccc2-c2ccc(C=O)cc21. The Hall–Kier alpha value is -3.78. The van der Waals surface area contributed by atoms with Gasteiger partial charge in [-0.25, -0.2) is 0 Å². The van der Waals surface area contributed by atoms with Gasteiger partial charge in [-0.2, -0.15) is 0 Å². The molecule has 0 amide bonds. The van der Waals surface area contributed by atoms with Crippen LogP contribution in [0, 0.1) is 0 Å². The molecule has 4 aromatic rings. The van der Waals surface area contributed by atoms with E-state index in [0.717, 1.165) is 34.8 Å². The van der Waals surface area contributed by atoms with Gasteiger partial charge in [-0.3, -0.25) is 9.59 Å². The van der Waals surface area contributed by atoms with Crippen LogP contribution in [0.25, 0.3) is 22.3 Å². The predicted octanol–water partition coefficient (Wildman–Crippen LogP) is 5.66. The summed E-state index contributed by atoms with van der Waals surface area (Å²) in [5, 5.41) is 0. The van der Waals surface area contributed by atoms with Gasteiger partial charge in [0.1, 0.15) is 12.6 Å². The molecule has 6 rings (SSSR count). The van der Waals surface area contributed by atoms with Gasteiger partial charge < -0.3 is 0 Å². The number of benzene rings is 4. The largest absolute Gasteiger partial charge is 0.298 e. The van der Waals surface area contributed by atoms with Crippen LogP contribution >= 0.6 is 0 Å². The Morgan fingerprint density at radius 2 is 0.897 bits per heavy atom. The molecule has 2 aliphatic rings. The Balaban J connectivity index is 1.86. The van der Waals surface area contributed by atoms with Crippen molar-refractivity contribution in [2.75, 3.05) is 0 Å². The third kappa shape index (κ3) is 1.86. The molecular formula is C27H16O2. The van der Waals surface area contributed by atoms with E-state index in [-0.39, 0.29) is 0 Å². The molecule has 0 atom stereocenters. The van der Waals surface area contributed by atoms with Gasteiger partial charge in [-0.1, -0.05) is 72.8 Å². The maximum atomic E-state index is 11.6. The summed E-state index contributed by atoms with van der Waals surface area (Å²) in [7, 11) is 0. The molecule has 136 valence electrons. The van der Waals surface area contributed by atoms with Crippen molar-refractivity contribution < 1.29 is 9.59 Å². The molecule has 0 bridgehead atoms. The van der Waals surface area contributed by atoms with Gasteiger partial charge in [0, 0.05) is 11.1 Å². The van der Waals surface area contributed by atoms with E-state index in [4.69, 9.17) is 0 Å². The highest BCUT2D eigenvalue weighted by Gasteiger charge is 2.51. The topological polar surface area (TPSA) is 34.1 Å².